The average molecular weight is 283 g/mol. The highest BCUT2D eigenvalue weighted by atomic mass is 16.4. The van der Waals surface area contributed by atoms with E-state index >= 15 is 0 Å². The number of hydrogen-bond acceptors (Lipinski definition) is 5. The Balaban J connectivity index is 2.03. The van der Waals surface area contributed by atoms with Gasteiger partial charge < -0.3 is 19.7 Å². The number of hydrogen-bond donors (Lipinski definition) is 3. The molecule has 5 heteroatoms. The summed E-state index contributed by atoms with van der Waals surface area (Å²) in [7, 11) is 0. The van der Waals surface area contributed by atoms with Gasteiger partial charge in [0.2, 0.25) is 5.89 Å². The van der Waals surface area contributed by atoms with Crippen LogP contribution in [0.15, 0.2) is 47.0 Å². The first kappa shape index (κ1) is 13.1. The third-order valence-electron chi connectivity index (χ3n) is 3.23. The zero-order valence-corrected chi connectivity index (χ0v) is 11.2. The molecule has 0 amide bonds. The van der Waals surface area contributed by atoms with Gasteiger partial charge in [-0.05, 0) is 42.8 Å². The average Bonchev–Trinajstić information content (AvgIpc) is 2.94. The molecule has 3 N–H and O–H groups in total. The molecule has 0 aliphatic carbocycles. The van der Waals surface area contributed by atoms with Gasteiger partial charge in [0.25, 0.3) is 0 Å². The second-order valence-electron chi connectivity index (χ2n) is 4.70. The number of rotatable bonds is 2. The van der Waals surface area contributed by atoms with Gasteiger partial charge in [-0.15, -0.1) is 0 Å². The number of aromatic nitrogens is 1. The molecule has 1 heterocycles. The molecule has 3 rings (SSSR count). The van der Waals surface area contributed by atoms with Crippen LogP contribution < -0.4 is 0 Å². The molecular weight excluding hydrogens is 270 g/mol. The first-order valence-electron chi connectivity index (χ1n) is 6.33. The molecule has 0 atom stereocenters. The van der Waals surface area contributed by atoms with Crippen molar-refractivity contribution in [1.82, 2.24) is 4.98 Å². The second kappa shape index (κ2) is 4.86. The minimum atomic E-state index is -0.248. The molecule has 0 bridgehead atoms. The van der Waals surface area contributed by atoms with Gasteiger partial charge in [0, 0.05) is 5.56 Å². The molecular formula is C16H13NO4. The van der Waals surface area contributed by atoms with E-state index in [2.05, 4.69) is 4.98 Å². The van der Waals surface area contributed by atoms with E-state index in [0.717, 1.165) is 5.56 Å². The van der Waals surface area contributed by atoms with E-state index in [9.17, 15) is 15.3 Å². The third kappa shape index (κ3) is 2.29. The molecule has 0 radical (unpaired) electrons. The molecule has 0 unspecified atom stereocenters. The lowest BCUT2D eigenvalue weighted by Crippen LogP contribution is -1.80. The molecule has 0 fully saturated rings. The Hall–Kier alpha value is -2.95. The van der Waals surface area contributed by atoms with E-state index in [-0.39, 0.29) is 17.2 Å². The molecule has 0 spiro atoms. The highest BCUT2D eigenvalue weighted by Crippen LogP contribution is 2.37. The number of benzene rings is 2. The van der Waals surface area contributed by atoms with Crippen LogP contribution in [0.5, 0.6) is 17.2 Å². The van der Waals surface area contributed by atoms with Crippen LogP contribution in [0.2, 0.25) is 0 Å². The van der Waals surface area contributed by atoms with Crippen LogP contribution in [0.25, 0.3) is 22.8 Å². The minimum Gasteiger partial charge on any atom is -0.508 e. The minimum absolute atomic E-state index is 0.205. The number of nitrogens with zero attached hydrogens (tertiary/aromatic N) is 1. The van der Waals surface area contributed by atoms with E-state index < -0.39 is 0 Å². The smallest absolute Gasteiger partial charge is 0.226 e. The van der Waals surface area contributed by atoms with Gasteiger partial charge >= 0.3 is 0 Å². The van der Waals surface area contributed by atoms with Gasteiger partial charge in [-0.2, -0.15) is 0 Å². The molecule has 5 nitrogen and oxygen atoms in total. The van der Waals surface area contributed by atoms with Gasteiger partial charge in [-0.1, -0.05) is 6.07 Å². The predicted octanol–water partition coefficient (Wildman–Crippen LogP) is 3.43. The molecule has 21 heavy (non-hydrogen) atoms. The van der Waals surface area contributed by atoms with Crippen molar-refractivity contribution in [3.8, 4) is 40.0 Å². The van der Waals surface area contributed by atoms with Crippen molar-refractivity contribution in [3.05, 3.63) is 48.2 Å². The highest BCUT2D eigenvalue weighted by Gasteiger charge is 2.14. The fraction of sp³-hybridized carbons (Fsp3) is 0.0625. The molecule has 3 aromatic rings. The van der Waals surface area contributed by atoms with Crippen molar-refractivity contribution in [3.63, 3.8) is 0 Å². The summed E-state index contributed by atoms with van der Waals surface area (Å²) in [5.41, 5.74) is 1.80. The number of aryl methyl sites for hydroxylation is 1. The van der Waals surface area contributed by atoms with E-state index in [1.807, 2.05) is 0 Å². The topological polar surface area (TPSA) is 86.7 Å². The molecule has 0 saturated heterocycles. The third-order valence-corrected chi connectivity index (χ3v) is 3.23. The fourth-order valence-electron chi connectivity index (χ4n) is 2.05. The summed E-state index contributed by atoms with van der Waals surface area (Å²) in [5, 5.41) is 28.9. The Labute approximate surface area is 120 Å². The molecule has 106 valence electrons. The van der Waals surface area contributed by atoms with Crippen LogP contribution in [-0.4, -0.2) is 20.3 Å². The number of phenolic OH excluding ortho intramolecular Hbond substituents is 3. The quantitative estimate of drug-likeness (QED) is 0.627. The summed E-state index contributed by atoms with van der Waals surface area (Å²) in [6.45, 7) is 1.78. The predicted molar refractivity (Wildman–Crippen MR) is 77.1 cm³/mol. The van der Waals surface area contributed by atoms with Crippen LogP contribution in [0.4, 0.5) is 0 Å². The SMILES string of the molecule is Cc1cc(-c2ncc(-c3cccc(O)c3O)o2)ccc1O. The molecule has 2 aromatic carbocycles. The van der Waals surface area contributed by atoms with E-state index in [1.165, 1.54) is 12.3 Å². The Kier molecular flexibility index (Phi) is 3.02. The summed E-state index contributed by atoms with van der Waals surface area (Å²) >= 11 is 0. The van der Waals surface area contributed by atoms with Gasteiger partial charge in [-0.3, -0.25) is 0 Å². The van der Waals surface area contributed by atoms with Crippen molar-refractivity contribution < 1.29 is 19.7 Å². The molecule has 1 aromatic heterocycles. The van der Waals surface area contributed by atoms with Gasteiger partial charge in [0.05, 0.1) is 11.8 Å². The van der Waals surface area contributed by atoms with Crippen molar-refractivity contribution in [2.24, 2.45) is 0 Å². The number of para-hydroxylation sites is 1. The number of phenols is 3. The van der Waals surface area contributed by atoms with Crippen LogP contribution in [0, 0.1) is 6.92 Å². The van der Waals surface area contributed by atoms with E-state index in [4.69, 9.17) is 4.42 Å². The van der Waals surface area contributed by atoms with Gasteiger partial charge in [0.15, 0.2) is 17.3 Å². The molecule has 0 aliphatic rings. The summed E-state index contributed by atoms with van der Waals surface area (Å²) in [4.78, 5) is 4.16. The normalized spacial score (nSPS) is 10.7. The van der Waals surface area contributed by atoms with Crippen LogP contribution in [0.1, 0.15) is 5.56 Å². The van der Waals surface area contributed by atoms with Crippen molar-refractivity contribution in [2.45, 2.75) is 6.92 Å². The fourth-order valence-corrected chi connectivity index (χ4v) is 2.05. The van der Waals surface area contributed by atoms with Crippen molar-refractivity contribution in [2.75, 3.05) is 0 Å². The Morgan fingerprint density at radius 2 is 1.81 bits per heavy atom. The Morgan fingerprint density at radius 3 is 2.57 bits per heavy atom. The first-order valence-corrected chi connectivity index (χ1v) is 6.33. The Morgan fingerprint density at radius 1 is 1.00 bits per heavy atom. The molecule has 0 saturated carbocycles. The van der Waals surface area contributed by atoms with Crippen molar-refractivity contribution in [1.29, 1.82) is 0 Å². The first-order chi connectivity index (χ1) is 10.1. The van der Waals surface area contributed by atoms with Crippen LogP contribution in [0.3, 0.4) is 0 Å². The summed E-state index contributed by atoms with van der Waals surface area (Å²) < 4.78 is 5.62. The van der Waals surface area contributed by atoms with Crippen molar-refractivity contribution >= 4 is 0 Å². The maximum Gasteiger partial charge on any atom is 0.226 e. The van der Waals surface area contributed by atoms with E-state index in [1.54, 1.807) is 37.3 Å². The second-order valence-corrected chi connectivity index (χ2v) is 4.70. The monoisotopic (exact) mass is 283 g/mol. The zero-order chi connectivity index (χ0) is 15.0. The number of oxazole rings is 1. The summed E-state index contributed by atoms with van der Waals surface area (Å²) in [5.74, 6) is 0.462. The maximum absolute atomic E-state index is 9.84. The molecule has 0 aliphatic heterocycles. The summed E-state index contributed by atoms with van der Waals surface area (Å²) in [6, 6.07) is 9.64. The van der Waals surface area contributed by atoms with E-state index in [0.29, 0.717) is 22.8 Å². The largest absolute Gasteiger partial charge is 0.508 e. The standard InChI is InChI=1S/C16H13NO4/c1-9-7-10(5-6-12(9)18)16-17-8-14(21-16)11-3-2-4-13(19)15(11)20/h2-8,18-20H,1H3. The van der Waals surface area contributed by atoms with Crippen LogP contribution in [-0.2, 0) is 0 Å². The van der Waals surface area contributed by atoms with Gasteiger partial charge in [0.1, 0.15) is 5.75 Å². The maximum atomic E-state index is 9.84. The summed E-state index contributed by atoms with van der Waals surface area (Å²) in [6.07, 6.45) is 1.48. The van der Waals surface area contributed by atoms with Crippen LogP contribution >= 0.6 is 0 Å². The lowest BCUT2D eigenvalue weighted by molar-refractivity contribution is 0.404. The zero-order valence-electron chi connectivity index (χ0n) is 11.2. The number of aromatic hydroxyl groups is 3. The lowest BCUT2D eigenvalue weighted by Gasteiger charge is -2.03. The van der Waals surface area contributed by atoms with Gasteiger partial charge in [-0.25, -0.2) is 4.98 Å². The highest BCUT2D eigenvalue weighted by molar-refractivity contribution is 5.70. The Bertz CT molecular complexity index is 808. The lowest BCUT2D eigenvalue weighted by atomic mass is 10.1.